The van der Waals surface area contributed by atoms with E-state index < -0.39 is 5.66 Å². The van der Waals surface area contributed by atoms with Gasteiger partial charge in [0.15, 0.2) is 5.66 Å². The van der Waals surface area contributed by atoms with Crippen LogP contribution in [0.1, 0.15) is 12.8 Å². The van der Waals surface area contributed by atoms with Gasteiger partial charge in [-0.15, -0.1) is 0 Å². The van der Waals surface area contributed by atoms with Crippen LogP contribution in [0.15, 0.2) is 46.4 Å². The van der Waals surface area contributed by atoms with Gasteiger partial charge in [0.25, 0.3) is 0 Å². The van der Waals surface area contributed by atoms with Gasteiger partial charge in [-0.05, 0) is 19.2 Å². The average molecular weight is 333 g/mol. The van der Waals surface area contributed by atoms with Crippen LogP contribution in [-0.4, -0.2) is 40.9 Å². The Morgan fingerprint density at radius 3 is 2.28 bits per heavy atom. The van der Waals surface area contributed by atoms with E-state index in [2.05, 4.69) is 11.9 Å². The maximum absolute atomic E-state index is 10.9. The summed E-state index contributed by atoms with van der Waals surface area (Å²) in [4.78, 5) is 12.1. The Bertz CT molecular complexity index is 1150. The molecule has 0 bridgehead atoms. The van der Waals surface area contributed by atoms with Crippen molar-refractivity contribution in [3.63, 3.8) is 0 Å². The summed E-state index contributed by atoms with van der Waals surface area (Å²) in [6, 6.07) is 11.1. The number of aromatic hydroxyl groups is 2. The van der Waals surface area contributed by atoms with E-state index in [0.29, 0.717) is 26.9 Å². The molecule has 0 atom stereocenters. The third-order valence-corrected chi connectivity index (χ3v) is 5.52. The van der Waals surface area contributed by atoms with Crippen molar-refractivity contribution < 1.29 is 10.2 Å². The molecular weight excluding hydrogens is 314 g/mol. The van der Waals surface area contributed by atoms with E-state index in [4.69, 9.17) is 9.98 Å². The third kappa shape index (κ3) is 1.99. The molecule has 0 saturated carbocycles. The van der Waals surface area contributed by atoms with E-state index in [1.165, 1.54) is 0 Å². The molecule has 2 N–H and O–H groups in total. The predicted octanol–water partition coefficient (Wildman–Crippen LogP) is 2.08. The largest absolute Gasteiger partial charge is 0.507 e. The number of hydrogen-bond acceptors (Lipinski definition) is 5. The lowest BCUT2D eigenvalue weighted by Gasteiger charge is -2.33. The van der Waals surface area contributed by atoms with Crippen molar-refractivity contribution in [3.8, 4) is 11.5 Å². The molecule has 5 heteroatoms. The molecule has 2 heterocycles. The molecule has 0 aromatic heterocycles. The lowest BCUT2D eigenvalue weighted by Crippen LogP contribution is -2.39. The molecule has 0 amide bonds. The fourth-order valence-corrected chi connectivity index (χ4v) is 4.05. The summed E-state index contributed by atoms with van der Waals surface area (Å²) in [6.07, 6.45) is 1.75. The molecule has 1 fully saturated rings. The Kier molecular flexibility index (Phi) is 2.89. The zero-order valence-electron chi connectivity index (χ0n) is 14.0. The molecule has 0 aliphatic carbocycles. The molecule has 5 rings (SSSR count). The van der Waals surface area contributed by atoms with Gasteiger partial charge in [-0.3, -0.25) is 9.98 Å². The minimum Gasteiger partial charge on any atom is -0.507 e. The molecule has 5 nitrogen and oxygen atoms in total. The Morgan fingerprint density at radius 1 is 0.880 bits per heavy atom. The van der Waals surface area contributed by atoms with Crippen LogP contribution >= 0.6 is 0 Å². The number of hydrogen-bond donors (Lipinski definition) is 2. The fraction of sp³-hybridized carbons (Fsp3) is 0.300. The summed E-state index contributed by atoms with van der Waals surface area (Å²) in [5, 5.41) is 25.7. The van der Waals surface area contributed by atoms with Crippen LogP contribution in [-0.2, 0) is 0 Å². The van der Waals surface area contributed by atoms with Crippen molar-refractivity contribution in [2.45, 2.75) is 18.5 Å². The second-order valence-electron chi connectivity index (χ2n) is 7.11. The van der Waals surface area contributed by atoms with Crippen molar-refractivity contribution in [2.75, 3.05) is 20.1 Å². The van der Waals surface area contributed by atoms with Crippen LogP contribution in [0.25, 0.3) is 21.5 Å². The number of fused-ring (bicyclic) bond motifs is 4. The molecule has 1 spiro atoms. The number of likely N-dealkylation sites (tertiary alicyclic amines) is 1. The normalized spacial score (nSPS) is 19.1. The van der Waals surface area contributed by atoms with Crippen LogP contribution in [0.5, 0.6) is 11.5 Å². The zero-order valence-corrected chi connectivity index (χ0v) is 14.0. The minimum absolute atomic E-state index is 0.171. The van der Waals surface area contributed by atoms with Crippen LogP contribution in [0, 0.1) is 0 Å². The first-order valence-electron chi connectivity index (χ1n) is 8.62. The summed E-state index contributed by atoms with van der Waals surface area (Å²) in [5.41, 5.74) is -0.420. The van der Waals surface area contributed by atoms with E-state index in [0.717, 1.165) is 31.3 Å². The van der Waals surface area contributed by atoms with Gasteiger partial charge in [0.1, 0.15) is 11.5 Å². The number of rotatable bonds is 0. The molecule has 2 aliphatic heterocycles. The summed E-state index contributed by atoms with van der Waals surface area (Å²) in [7, 11) is 2.11. The van der Waals surface area contributed by atoms with Crippen LogP contribution < -0.4 is 10.7 Å². The van der Waals surface area contributed by atoms with Crippen LogP contribution in [0.4, 0.5) is 0 Å². The monoisotopic (exact) mass is 333 g/mol. The second-order valence-corrected chi connectivity index (χ2v) is 7.11. The highest BCUT2D eigenvalue weighted by atomic mass is 16.3. The number of phenolic OH excluding ortho intramolecular Hbond substituents is 2. The van der Waals surface area contributed by atoms with Gasteiger partial charge < -0.3 is 15.1 Å². The third-order valence-electron chi connectivity index (χ3n) is 5.52. The second kappa shape index (κ2) is 4.92. The lowest BCUT2D eigenvalue weighted by atomic mass is 9.99. The highest BCUT2D eigenvalue weighted by molar-refractivity contribution is 6.10. The molecule has 126 valence electrons. The van der Waals surface area contributed by atoms with Gasteiger partial charge in [0.05, 0.1) is 16.1 Å². The predicted molar refractivity (Wildman–Crippen MR) is 96.6 cm³/mol. The maximum Gasteiger partial charge on any atom is 0.154 e. The molecule has 3 aromatic carbocycles. The quantitative estimate of drug-likeness (QED) is 0.489. The van der Waals surface area contributed by atoms with E-state index in [1.54, 1.807) is 0 Å². The van der Waals surface area contributed by atoms with Gasteiger partial charge in [-0.2, -0.15) is 0 Å². The average Bonchev–Trinajstić information content (AvgIpc) is 3.00. The first-order valence-corrected chi connectivity index (χ1v) is 8.62. The van der Waals surface area contributed by atoms with E-state index >= 15 is 0 Å². The number of nitrogens with zero attached hydrogens (tertiary/aromatic N) is 3. The first kappa shape index (κ1) is 14.7. The van der Waals surface area contributed by atoms with E-state index in [1.807, 2.05) is 36.4 Å². The Labute approximate surface area is 144 Å². The Balaban J connectivity index is 1.87. The smallest absolute Gasteiger partial charge is 0.154 e. The maximum atomic E-state index is 10.9. The van der Waals surface area contributed by atoms with E-state index in [9.17, 15) is 10.2 Å². The molecule has 0 unspecified atom stereocenters. The zero-order chi connectivity index (χ0) is 17.2. The number of benzene rings is 3. The fourth-order valence-electron chi connectivity index (χ4n) is 4.05. The van der Waals surface area contributed by atoms with Crippen molar-refractivity contribution >= 4 is 21.5 Å². The van der Waals surface area contributed by atoms with Crippen molar-refractivity contribution in [2.24, 2.45) is 9.98 Å². The van der Waals surface area contributed by atoms with E-state index in [-0.39, 0.29) is 11.5 Å². The van der Waals surface area contributed by atoms with Gasteiger partial charge in [-0.1, -0.05) is 24.3 Å². The van der Waals surface area contributed by atoms with Gasteiger partial charge in [0.2, 0.25) is 0 Å². The highest BCUT2D eigenvalue weighted by Gasteiger charge is 2.35. The molecular formula is C20H19N3O2. The van der Waals surface area contributed by atoms with Gasteiger partial charge in [0, 0.05) is 42.1 Å². The van der Waals surface area contributed by atoms with Crippen LogP contribution in [0.3, 0.4) is 0 Å². The SMILES string of the molecule is CN1CCC2(CC1)N=c1ccc3c(O)c4ccccc4c(O)c3c1=N2. The van der Waals surface area contributed by atoms with Crippen molar-refractivity contribution in [1.29, 1.82) is 0 Å². The first-order chi connectivity index (χ1) is 12.1. The lowest BCUT2D eigenvalue weighted by molar-refractivity contribution is 0.197. The Morgan fingerprint density at radius 2 is 1.56 bits per heavy atom. The van der Waals surface area contributed by atoms with Gasteiger partial charge >= 0.3 is 0 Å². The number of phenols is 2. The molecule has 0 radical (unpaired) electrons. The van der Waals surface area contributed by atoms with Crippen LogP contribution in [0.2, 0.25) is 0 Å². The summed E-state index contributed by atoms with van der Waals surface area (Å²) in [6.45, 7) is 1.91. The molecule has 1 saturated heterocycles. The molecule has 3 aromatic rings. The minimum atomic E-state index is -0.420. The summed E-state index contributed by atoms with van der Waals surface area (Å²) < 4.78 is 0. The standard InChI is InChI=1S/C20H19N3O2/c1-23-10-8-20(9-11-23)21-15-7-6-14-16(17(15)22-20)19(25)13-5-3-2-4-12(13)18(14)24/h2-7,24-25H,8-11H2,1H3. The molecule has 2 aliphatic rings. The summed E-state index contributed by atoms with van der Waals surface area (Å²) >= 11 is 0. The van der Waals surface area contributed by atoms with Crippen molar-refractivity contribution in [1.82, 2.24) is 4.90 Å². The van der Waals surface area contributed by atoms with Gasteiger partial charge in [-0.25, -0.2) is 0 Å². The highest BCUT2D eigenvalue weighted by Crippen LogP contribution is 2.40. The topological polar surface area (TPSA) is 68.4 Å². The summed E-state index contributed by atoms with van der Waals surface area (Å²) in [5.74, 6) is 0.356. The Hall–Kier alpha value is -2.66. The number of piperidine rings is 1. The van der Waals surface area contributed by atoms with Crippen molar-refractivity contribution in [3.05, 3.63) is 47.1 Å². The molecule has 25 heavy (non-hydrogen) atoms.